The number of hydrogen-bond acceptors (Lipinski definition) is 7. The molecule has 1 saturated heterocycles. The molecule has 2 amide bonds. The summed E-state index contributed by atoms with van der Waals surface area (Å²) in [5.74, 6) is -2.40. The molecule has 9 nitrogen and oxygen atoms in total. The summed E-state index contributed by atoms with van der Waals surface area (Å²) in [6.07, 6.45) is 3.89. The Kier molecular flexibility index (Phi) is 13.8. The number of cyclic esters (lactones) is 1. The second-order valence-electron chi connectivity index (χ2n) is 15.0. The molecule has 3 aromatic carbocycles. The van der Waals surface area contributed by atoms with Gasteiger partial charge < -0.3 is 29.6 Å². The molecule has 0 bridgehead atoms. The quantitative estimate of drug-likeness (QED) is 0.111. The van der Waals surface area contributed by atoms with Crippen LogP contribution in [0.4, 0.5) is 0 Å². The van der Waals surface area contributed by atoms with Crippen molar-refractivity contribution in [2.24, 2.45) is 11.3 Å². The average molecular weight is 701 g/mol. The zero-order valence-electron chi connectivity index (χ0n) is 31.5. The van der Waals surface area contributed by atoms with E-state index in [1.165, 1.54) is 16.7 Å². The van der Waals surface area contributed by atoms with Crippen LogP contribution in [0.15, 0.2) is 72.8 Å². The number of aryl methyl sites for hydroxylation is 2. The van der Waals surface area contributed by atoms with Crippen LogP contribution in [0.25, 0.3) is 11.1 Å². The molecule has 0 unspecified atom stereocenters. The van der Waals surface area contributed by atoms with Crippen molar-refractivity contribution in [1.29, 1.82) is 0 Å². The Hall–Kier alpha value is -4.21. The highest BCUT2D eigenvalue weighted by Crippen LogP contribution is 2.32. The summed E-state index contributed by atoms with van der Waals surface area (Å²) in [5, 5.41) is 6.06. The molecule has 2 N–H and O–H groups in total. The van der Waals surface area contributed by atoms with Gasteiger partial charge >= 0.3 is 5.97 Å². The largest absolute Gasteiger partial charge is 0.497 e. The Bertz CT molecular complexity index is 1610. The minimum Gasteiger partial charge on any atom is -0.497 e. The lowest BCUT2D eigenvalue weighted by atomic mass is 9.84. The third kappa shape index (κ3) is 11.1. The molecule has 1 aliphatic heterocycles. The monoisotopic (exact) mass is 700 g/mol. The number of esters is 1. The Balaban J connectivity index is 1.37. The molecule has 51 heavy (non-hydrogen) atoms. The molecule has 1 fully saturated rings. The topological polar surface area (TPSA) is 112 Å². The number of benzene rings is 3. The van der Waals surface area contributed by atoms with Gasteiger partial charge in [-0.2, -0.15) is 0 Å². The van der Waals surface area contributed by atoms with Crippen LogP contribution in [0.1, 0.15) is 89.5 Å². The molecule has 0 radical (unpaired) electrons. The lowest BCUT2D eigenvalue weighted by molar-refractivity contribution is -0.162. The highest BCUT2D eigenvalue weighted by molar-refractivity contribution is 5.92. The number of hydrogen-bond donors (Lipinski definition) is 2. The van der Waals surface area contributed by atoms with E-state index in [0.29, 0.717) is 6.42 Å². The van der Waals surface area contributed by atoms with Crippen LogP contribution in [0.2, 0.25) is 0 Å². The van der Waals surface area contributed by atoms with Crippen LogP contribution < -0.4 is 15.4 Å². The summed E-state index contributed by atoms with van der Waals surface area (Å²) in [6, 6.07) is 23.0. The van der Waals surface area contributed by atoms with Crippen LogP contribution in [-0.2, 0) is 35.0 Å². The molecular weight excluding hydrogens is 644 g/mol. The van der Waals surface area contributed by atoms with Crippen LogP contribution in [0.5, 0.6) is 5.75 Å². The molecule has 4 rings (SSSR count). The van der Waals surface area contributed by atoms with Gasteiger partial charge in [0.15, 0.2) is 6.10 Å². The van der Waals surface area contributed by atoms with Crippen LogP contribution in [0, 0.1) is 18.3 Å². The van der Waals surface area contributed by atoms with Crippen LogP contribution in [0.3, 0.4) is 0 Å². The number of carbonyl (C=O) groups is 3. The fourth-order valence-corrected chi connectivity index (χ4v) is 6.64. The smallest absolute Gasteiger partial charge is 0.338 e. The molecule has 4 atom stereocenters. The van der Waals surface area contributed by atoms with Crippen molar-refractivity contribution in [1.82, 2.24) is 10.6 Å². The maximum atomic E-state index is 14.0. The third-order valence-electron chi connectivity index (χ3n) is 9.36. The summed E-state index contributed by atoms with van der Waals surface area (Å²) in [6.45, 7) is 11.4. The Morgan fingerprint density at radius 3 is 2.24 bits per heavy atom. The number of rotatable bonds is 17. The van der Waals surface area contributed by atoms with Crippen molar-refractivity contribution in [2.75, 3.05) is 20.8 Å². The Labute approximate surface area is 303 Å². The lowest BCUT2D eigenvalue weighted by Gasteiger charge is -2.33. The van der Waals surface area contributed by atoms with Crippen molar-refractivity contribution < 1.29 is 33.3 Å². The van der Waals surface area contributed by atoms with E-state index in [1.807, 2.05) is 63.2 Å². The van der Waals surface area contributed by atoms with Crippen LogP contribution >= 0.6 is 0 Å². The van der Waals surface area contributed by atoms with E-state index in [-0.39, 0.29) is 12.5 Å². The van der Waals surface area contributed by atoms with Gasteiger partial charge in [-0.25, -0.2) is 4.79 Å². The lowest BCUT2D eigenvalue weighted by Crippen LogP contribution is -2.56. The first-order valence-corrected chi connectivity index (χ1v) is 18.0. The van der Waals surface area contributed by atoms with E-state index in [0.717, 1.165) is 49.0 Å². The van der Waals surface area contributed by atoms with Crippen molar-refractivity contribution in [3.05, 3.63) is 89.5 Å². The zero-order valence-corrected chi connectivity index (χ0v) is 31.5. The second-order valence-corrected chi connectivity index (χ2v) is 15.0. The van der Waals surface area contributed by atoms with E-state index >= 15 is 0 Å². The summed E-state index contributed by atoms with van der Waals surface area (Å²) in [5.41, 5.74) is 5.10. The van der Waals surface area contributed by atoms with E-state index in [9.17, 15) is 14.4 Å². The molecule has 276 valence electrons. The van der Waals surface area contributed by atoms with Gasteiger partial charge in [0.2, 0.25) is 17.6 Å². The Morgan fingerprint density at radius 2 is 1.61 bits per heavy atom. The summed E-state index contributed by atoms with van der Waals surface area (Å²) in [7, 11) is 3.26. The van der Waals surface area contributed by atoms with Gasteiger partial charge in [0.1, 0.15) is 11.8 Å². The van der Waals surface area contributed by atoms with Gasteiger partial charge in [0.05, 0.1) is 25.7 Å². The molecule has 1 aliphatic rings. The number of ether oxygens (including phenoxy) is 4. The molecular formula is C42H56N2O7. The molecule has 3 aromatic rings. The number of amides is 2. The number of unbranched alkanes of at least 4 members (excludes halogenated alkanes) is 3. The molecule has 0 spiro atoms. The SMILES string of the molecule is COC[C@@H](NC(=O)[C@@H](NC(=O)[C@H](CCCCCCc1ccc(-c2cccc(OC)c2)c(C)c1)[C@@H]1OC(C)(C)OC1=O)C(C)(C)C)c1ccccc1. The normalized spacial score (nSPS) is 17.3. The van der Waals surface area contributed by atoms with E-state index in [4.69, 9.17) is 18.9 Å². The fraction of sp³-hybridized carbons (Fsp3) is 0.500. The van der Waals surface area contributed by atoms with Gasteiger partial charge in [-0.05, 0) is 71.6 Å². The van der Waals surface area contributed by atoms with Gasteiger partial charge in [-0.1, -0.05) is 101 Å². The van der Waals surface area contributed by atoms with Gasteiger partial charge in [-0.15, -0.1) is 0 Å². The standard InChI is InChI=1S/C42H56N2O7/c1-28-25-29(23-24-33(28)31-20-16-21-32(26-31)49-8)17-12-9-10-15-22-34(36-40(47)51-42(5,6)50-36)38(45)44-37(41(2,3)4)39(46)43-35(27-48-7)30-18-13-11-14-19-30/h11,13-14,16,18-21,23-26,34-37H,9-10,12,15,17,22,27H2,1-8H3,(H,43,46)(H,44,45)/t34-,35-,36+,37-/m1/s1. The van der Waals surface area contributed by atoms with Crippen LogP contribution in [-0.4, -0.2) is 56.5 Å². The minimum absolute atomic E-state index is 0.272. The number of nitrogens with one attached hydrogen (secondary N) is 2. The van der Waals surface area contributed by atoms with Crippen molar-refractivity contribution in [2.45, 2.75) is 104 Å². The maximum absolute atomic E-state index is 14.0. The Morgan fingerprint density at radius 1 is 0.882 bits per heavy atom. The third-order valence-corrected chi connectivity index (χ3v) is 9.36. The molecule has 0 aromatic heterocycles. The molecule has 1 heterocycles. The maximum Gasteiger partial charge on any atom is 0.338 e. The zero-order chi connectivity index (χ0) is 37.2. The molecule has 0 saturated carbocycles. The highest BCUT2D eigenvalue weighted by Gasteiger charge is 2.48. The van der Waals surface area contributed by atoms with Gasteiger partial charge in [-0.3, -0.25) is 9.59 Å². The molecule has 0 aliphatic carbocycles. The minimum atomic E-state index is -1.13. The highest BCUT2D eigenvalue weighted by atomic mass is 16.8. The van der Waals surface area contributed by atoms with Gasteiger partial charge in [0, 0.05) is 21.0 Å². The first kappa shape index (κ1) is 39.6. The van der Waals surface area contributed by atoms with E-state index in [2.05, 4.69) is 47.9 Å². The van der Waals surface area contributed by atoms with Crippen molar-refractivity contribution in [3.8, 4) is 16.9 Å². The first-order valence-electron chi connectivity index (χ1n) is 18.0. The van der Waals surface area contributed by atoms with E-state index < -0.39 is 47.2 Å². The van der Waals surface area contributed by atoms with E-state index in [1.54, 1.807) is 28.1 Å². The number of methoxy groups -OCH3 is 2. The second kappa shape index (κ2) is 17.8. The van der Waals surface area contributed by atoms with Crippen molar-refractivity contribution >= 4 is 17.8 Å². The van der Waals surface area contributed by atoms with Crippen molar-refractivity contribution in [3.63, 3.8) is 0 Å². The fourth-order valence-electron chi connectivity index (χ4n) is 6.64. The summed E-state index contributed by atoms with van der Waals surface area (Å²) < 4.78 is 22.2. The first-order chi connectivity index (χ1) is 24.2. The predicted octanol–water partition coefficient (Wildman–Crippen LogP) is 7.49. The number of carbonyl (C=O) groups excluding carboxylic acids is 3. The summed E-state index contributed by atoms with van der Waals surface area (Å²) in [4.78, 5) is 40.8. The summed E-state index contributed by atoms with van der Waals surface area (Å²) >= 11 is 0. The molecule has 9 heteroatoms. The predicted molar refractivity (Wildman–Crippen MR) is 199 cm³/mol. The average Bonchev–Trinajstić information content (AvgIpc) is 3.37. The van der Waals surface area contributed by atoms with Gasteiger partial charge in [0.25, 0.3) is 0 Å².